The number of rotatable bonds is 4. The smallest absolute Gasteiger partial charge is 0.309 e. The molecule has 14 heavy (non-hydrogen) atoms. The lowest BCUT2D eigenvalue weighted by Gasteiger charge is -2.11. The standard InChI is InChI=1S/C9H18N2O3/c1-4-6(2)11-9(14)8(13)10-5-7(3)12/h6-7,12H,4-5H2,1-3H3,(H,10,13)(H,11,14)/t6-,7+/m0/s1. The van der Waals surface area contributed by atoms with E-state index in [4.69, 9.17) is 5.11 Å². The molecule has 82 valence electrons. The van der Waals surface area contributed by atoms with Crippen molar-refractivity contribution in [1.29, 1.82) is 0 Å². The highest BCUT2D eigenvalue weighted by atomic mass is 16.3. The topological polar surface area (TPSA) is 78.4 Å². The summed E-state index contributed by atoms with van der Waals surface area (Å²) in [7, 11) is 0. The van der Waals surface area contributed by atoms with Crippen LogP contribution in [-0.4, -0.2) is 35.6 Å². The SMILES string of the molecule is CC[C@H](C)NC(=O)C(=O)NC[C@@H](C)O. The van der Waals surface area contributed by atoms with Crippen molar-refractivity contribution in [3.63, 3.8) is 0 Å². The zero-order valence-corrected chi connectivity index (χ0v) is 8.83. The van der Waals surface area contributed by atoms with E-state index in [0.29, 0.717) is 0 Å². The monoisotopic (exact) mass is 202 g/mol. The summed E-state index contributed by atoms with van der Waals surface area (Å²) in [5, 5.41) is 13.7. The zero-order valence-electron chi connectivity index (χ0n) is 8.83. The van der Waals surface area contributed by atoms with Gasteiger partial charge in [-0.2, -0.15) is 0 Å². The fourth-order valence-electron chi connectivity index (χ4n) is 0.712. The molecule has 2 atom stereocenters. The maximum absolute atomic E-state index is 11.1. The molecular formula is C9H18N2O3. The van der Waals surface area contributed by atoms with Gasteiger partial charge in [-0.3, -0.25) is 9.59 Å². The van der Waals surface area contributed by atoms with Gasteiger partial charge in [0.05, 0.1) is 6.10 Å². The van der Waals surface area contributed by atoms with Gasteiger partial charge in [-0.15, -0.1) is 0 Å². The minimum absolute atomic E-state index is 0.0141. The van der Waals surface area contributed by atoms with Gasteiger partial charge in [0, 0.05) is 12.6 Å². The molecule has 5 heteroatoms. The van der Waals surface area contributed by atoms with E-state index in [9.17, 15) is 9.59 Å². The molecule has 0 spiro atoms. The van der Waals surface area contributed by atoms with E-state index < -0.39 is 17.9 Å². The van der Waals surface area contributed by atoms with E-state index in [1.165, 1.54) is 6.92 Å². The third kappa shape index (κ3) is 5.53. The summed E-state index contributed by atoms with van der Waals surface area (Å²) >= 11 is 0. The normalized spacial score (nSPS) is 14.3. The lowest BCUT2D eigenvalue weighted by Crippen LogP contribution is -2.45. The van der Waals surface area contributed by atoms with Gasteiger partial charge in [-0.1, -0.05) is 6.92 Å². The van der Waals surface area contributed by atoms with E-state index in [1.807, 2.05) is 13.8 Å². The van der Waals surface area contributed by atoms with Gasteiger partial charge in [-0.25, -0.2) is 0 Å². The summed E-state index contributed by atoms with van der Waals surface area (Å²) in [6, 6.07) is -0.0141. The fraction of sp³-hybridized carbons (Fsp3) is 0.778. The van der Waals surface area contributed by atoms with Gasteiger partial charge in [-0.05, 0) is 20.3 Å². The molecule has 5 nitrogen and oxygen atoms in total. The molecule has 0 aromatic rings. The Bertz CT molecular complexity index is 204. The second kappa shape index (κ2) is 6.37. The van der Waals surface area contributed by atoms with Crippen molar-refractivity contribution in [2.75, 3.05) is 6.54 Å². The van der Waals surface area contributed by atoms with Crippen LogP contribution in [-0.2, 0) is 9.59 Å². The fourth-order valence-corrected chi connectivity index (χ4v) is 0.712. The second-order valence-electron chi connectivity index (χ2n) is 3.34. The van der Waals surface area contributed by atoms with Crippen LogP contribution in [0.15, 0.2) is 0 Å². The molecule has 0 saturated carbocycles. The lowest BCUT2D eigenvalue weighted by molar-refractivity contribution is -0.139. The Morgan fingerprint density at radius 2 is 1.86 bits per heavy atom. The van der Waals surface area contributed by atoms with Crippen LogP contribution in [0.25, 0.3) is 0 Å². The van der Waals surface area contributed by atoms with Gasteiger partial charge in [0.1, 0.15) is 0 Å². The van der Waals surface area contributed by atoms with Gasteiger partial charge < -0.3 is 15.7 Å². The summed E-state index contributed by atoms with van der Waals surface area (Å²) in [5.74, 6) is -1.36. The number of aliphatic hydroxyl groups is 1. The Balaban J connectivity index is 3.82. The van der Waals surface area contributed by atoms with E-state index in [0.717, 1.165) is 6.42 Å². The molecule has 0 aromatic carbocycles. The largest absolute Gasteiger partial charge is 0.392 e. The average molecular weight is 202 g/mol. The molecule has 0 aliphatic heterocycles. The zero-order chi connectivity index (χ0) is 11.1. The average Bonchev–Trinajstić information content (AvgIpc) is 2.13. The highest BCUT2D eigenvalue weighted by Crippen LogP contribution is 1.87. The van der Waals surface area contributed by atoms with Crippen molar-refractivity contribution in [3.8, 4) is 0 Å². The predicted molar refractivity (Wildman–Crippen MR) is 52.6 cm³/mol. The first-order valence-corrected chi connectivity index (χ1v) is 4.74. The molecule has 3 N–H and O–H groups in total. The number of aliphatic hydroxyl groups excluding tert-OH is 1. The number of hydrogen-bond donors (Lipinski definition) is 3. The van der Waals surface area contributed by atoms with Crippen molar-refractivity contribution in [2.45, 2.75) is 39.3 Å². The van der Waals surface area contributed by atoms with Crippen LogP contribution in [0, 0.1) is 0 Å². The van der Waals surface area contributed by atoms with Crippen molar-refractivity contribution >= 4 is 11.8 Å². The van der Waals surface area contributed by atoms with Crippen LogP contribution in [0.3, 0.4) is 0 Å². The van der Waals surface area contributed by atoms with E-state index in [-0.39, 0.29) is 12.6 Å². The van der Waals surface area contributed by atoms with Crippen LogP contribution >= 0.6 is 0 Å². The first-order chi connectivity index (χ1) is 6.47. The highest BCUT2D eigenvalue weighted by Gasteiger charge is 2.14. The third-order valence-corrected chi connectivity index (χ3v) is 1.75. The third-order valence-electron chi connectivity index (χ3n) is 1.75. The summed E-state index contributed by atoms with van der Waals surface area (Å²) in [6.45, 7) is 5.36. The molecule has 0 unspecified atom stereocenters. The van der Waals surface area contributed by atoms with Crippen LogP contribution < -0.4 is 10.6 Å². The summed E-state index contributed by atoms with van der Waals surface area (Å²) < 4.78 is 0. The van der Waals surface area contributed by atoms with E-state index in [1.54, 1.807) is 0 Å². The van der Waals surface area contributed by atoms with Gasteiger partial charge in [0.2, 0.25) is 0 Å². The lowest BCUT2D eigenvalue weighted by atomic mass is 10.2. The molecule has 0 aliphatic carbocycles. The Labute approximate surface area is 83.9 Å². The molecular weight excluding hydrogens is 184 g/mol. The van der Waals surface area contributed by atoms with Crippen LogP contribution in [0.5, 0.6) is 0 Å². The molecule has 0 heterocycles. The number of amides is 2. The van der Waals surface area contributed by atoms with Crippen molar-refractivity contribution in [3.05, 3.63) is 0 Å². The summed E-state index contributed by atoms with van der Waals surface area (Å²) in [4.78, 5) is 22.2. The Morgan fingerprint density at radius 1 is 1.29 bits per heavy atom. The molecule has 0 fully saturated rings. The number of carbonyl (C=O) groups excluding carboxylic acids is 2. The minimum atomic E-state index is -0.703. The van der Waals surface area contributed by atoms with Gasteiger partial charge in [0.25, 0.3) is 0 Å². The second-order valence-corrected chi connectivity index (χ2v) is 3.34. The summed E-state index contributed by atoms with van der Waals surface area (Å²) in [5.41, 5.74) is 0. The van der Waals surface area contributed by atoms with Crippen LogP contribution in [0.1, 0.15) is 27.2 Å². The number of nitrogens with one attached hydrogen (secondary N) is 2. The first kappa shape index (κ1) is 12.9. The molecule has 0 radical (unpaired) electrons. The molecule has 0 aromatic heterocycles. The van der Waals surface area contributed by atoms with Crippen LogP contribution in [0.4, 0.5) is 0 Å². The minimum Gasteiger partial charge on any atom is -0.392 e. The maximum atomic E-state index is 11.1. The highest BCUT2D eigenvalue weighted by molar-refractivity contribution is 6.35. The Kier molecular flexibility index (Phi) is 5.87. The Hall–Kier alpha value is -1.10. The number of carbonyl (C=O) groups is 2. The Morgan fingerprint density at radius 3 is 2.29 bits per heavy atom. The van der Waals surface area contributed by atoms with Crippen molar-refractivity contribution in [2.24, 2.45) is 0 Å². The first-order valence-electron chi connectivity index (χ1n) is 4.74. The van der Waals surface area contributed by atoms with Gasteiger partial charge >= 0.3 is 11.8 Å². The molecule has 0 rings (SSSR count). The summed E-state index contributed by atoms with van der Waals surface area (Å²) in [6.07, 6.45) is 0.130. The van der Waals surface area contributed by atoms with Crippen molar-refractivity contribution in [1.82, 2.24) is 10.6 Å². The molecule has 2 amide bonds. The number of hydrogen-bond acceptors (Lipinski definition) is 3. The van der Waals surface area contributed by atoms with E-state index in [2.05, 4.69) is 10.6 Å². The predicted octanol–water partition coefficient (Wildman–Crippen LogP) is -0.602. The maximum Gasteiger partial charge on any atom is 0.309 e. The quantitative estimate of drug-likeness (QED) is 0.533. The van der Waals surface area contributed by atoms with Crippen LogP contribution in [0.2, 0.25) is 0 Å². The van der Waals surface area contributed by atoms with Crippen molar-refractivity contribution < 1.29 is 14.7 Å². The van der Waals surface area contributed by atoms with Gasteiger partial charge in [0.15, 0.2) is 0 Å². The molecule has 0 saturated heterocycles. The molecule has 0 bridgehead atoms. The molecule has 0 aliphatic rings. The van der Waals surface area contributed by atoms with E-state index >= 15 is 0 Å².